The molecule has 0 aromatic heterocycles. The standard InChI is InChI=1S/C48H72NO12P/c1-3-5-7-8-9-10-11-12-13-14-15-16-17-18-22-25-31-37-46(52)58-39-44(40-59-62(56,57)60-41-45(49)48(54)55)61-47(53)38-32-26-30-36-43(51)35-29-24-21-19-20-23-28-34-42(50)33-27-6-4-2/h5-7,9-10,12-13,15-16,18,20-24,27-30,34-36,42-45,50-51H,3-4,8,11,14,17,19,25-26,31-33,37-41,49H2,1-2H3,(H,54,55)(H,56,57)/b7-5-,10-9-,13-12-,16-15-,22-18-,23-20-,24-21-,27-6-,34-28+,35-29+,36-30-/t42-,43-,44+,45-/m0/s1. The number of aliphatic hydroxyl groups excluding tert-OH is 2. The molecule has 0 amide bonds. The van der Waals surface area contributed by atoms with Crippen LogP contribution in [0.5, 0.6) is 0 Å². The summed E-state index contributed by atoms with van der Waals surface area (Å²) < 4.78 is 32.5. The zero-order valence-corrected chi connectivity index (χ0v) is 37.5. The third-order valence-electron chi connectivity index (χ3n) is 8.07. The molecule has 0 aliphatic carbocycles. The lowest BCUT2D eigenvalue weighted by molar-refractivity contribution is -0.161. The molecule has 0 radical (unpaired) electrons. The highest BCUT2D eigenvalue weighted by Crippen LogP contribution is 2.43. The number of aliphatic carboxylic acids is 1. The van der Waals surface area contributed by atoms with E-state index in [2.05, 4.69) is 60.1 Å². The zero-order chi connectivity index (χ0) is 45.9. The second kappa shape index (κ2) is 40.6. The van der Waals surface area contributed by atoms with E-state index in [1.165, 1.54) is 0 Å². The van der Waals surface area contributed by atoms with E-state index in [9.17, 15) is 34.1 Å². The predicted molar refractivity (Wildman–Crippen MR) is 247 cm³/mol. The fraction of sp³-hybridized carbons (Fsp3) is 0.479. The summed E-state index contributed by atoms with van der Waals surface area (Å²) in [6, 6.07) is -1.57. The Bertz CT molecular complexity index is 1590. The molecule has 0 saturated carbocycles. The second-order valence-electron chi connectivity index (χ2n) is 13.8. The molecular formula is C48H72NO12P. The second-order valence-corrected chi connectivity index (χ2v) is 15.2. The van der Waals surface area contributed by atoms with Gasteiger partial charge in [0.1, 0.15) is 12.6 Å². The molecule has 13 nitrogen and oxygen atoms in total. The van der Waals surface area contributed by atoms with Crippen molar-refractivity contribution in [3.05, 3.63) is 134 Å². The minimum Gasteiger partial charge on any atom is -0.480 e. The fourth-order valence-corrected chi connectivity index (χ4v) is 5.50. The number of hydrogen-bond donors (Lipinski definition) is 5. The first-order chi connectivity index (χ1) is 29.9. The van der Waals surface area contributed by atoms with Crippen LogP contribution in [0.1, 0.15) is 104 Å². The number of allylic oxidation sites excluding steroid dienone is 18. The number of esters is 2. The molecule has 0 aliphatic heterocycles. The van der Waals surface area contributed by atoms with Crippen LogP contribution < -0.4 is 5.73 Å². The maximum absolute atomic E-state index is 12.6. The number of hydrogen-bond acceptors (Lipinski definition) is 11. The summed E-state index contributed by atoms with van der Waals surface area (Å²) in [5, 5.41) is 28.9. The van der Waals surface area contributed by atoms with Crippen molar-refractivity contribution in [3.63, 3.8) is 0 Å². The van der Waals surface area contributed by atoms with Crippen molar-refractivity contribution in [2.24, 2.45) is 5.73 Å². The highest BCUT2D eigenvalue weighted by Gasteiger charge is 2.28. The van der Waals surface area contributed by atoms with Crippen molar-refractivity contribution >= 4 is 25.7 Å². The van der Waals surface area contributed by atoms with E-state index in [-0.39, 0.29) is 12.8 Å². The summed E-state index contributed by atoms with van der Waals surface area (Å²) in [5.41, 5.74) is 5.31. The van der Waals surface area contributed by atoms with E-state index in [4.69, 9.17) is 24.8 Å². The Morgan fingerprint density at radius 1 is 0.597 bits per heavy atom. The number of carbonyl (C=O) groups excluding carboxylic acids is 2. The lowest BCUT2D eigenvalue weighted by Crippen LogP contribution is -2.34. The summed E-state index contributed by atoms with van der Waals surface area (Å²) in [4.78, 5) is 45.9. The normalized spacial score (nSPS) is 16.0. The van der Waals surface area contributed by atoms with Crippen molar-refractivity contribution in [2.75, 3.05) is 19.8 Å². The number of phosphoric ester groups is 1. The summed E-state index contributed by atoms with van der Waals surface area (Å²) in [7, 11) is -4.80. The molecule has 62 heavy (non-hydrogen) atoms. The van der Waals surface area contributed by atoms with Gasteiger partial charge in [-0.05, 0) is 77.0 Å². The van der Waals surface area contributed by atoms with Gasteiger partial charge >= 0.3 is 25.7 Å². The number of phosphoric acid groups is 1. The minimum atomic E-state index is -4.80. The van der Waals surface area contributed by atoms with Crippen LogP contribution in [0.2, 0.25) is 0 Å². The van der Waals surface area contributed by atoms with Gasteiger partial charge in [-0.25, -0.2) is 4.57 Å². The van der Waals surface area contributed by atoms with Crippen LogP contribution in [0.25, 0.3) is 0 Å². The molecule has 0 rings (SSSR count). The van der Waals surface area contributed by atoms with Crippen molar-refractivity contribution < 1.29 is 57.7 Å². The smallest absolute Gasteiger partial charge is 0.472 e. The average Bonchev–Trinajstić information content (AvgIpc) is 3.24. The van der Waals surface area contributed by atoms with Gasteiger partial charge in [-0.2, -0.15) is 0 Å². The van der Waals surface area contributed by atoms with Crippen molar-refractivity contribution in [3.8, 4) is 0 Å². The molecule has 6 N–H and O–H groups in total. The van der Waals surface area contributed by atoms with Crippen LogP contribution in [-0.4, -0.2) is 82.3 Å². The Morgan fingerprint density at radius 3 is 1.69 bits per heavy atom. The summed E-state index contributed by atoms with van der Waals surface area (Å²) >= 11 is 0. The van der Waals surface area contributed by atoms with Gasteiger partial charge in [0, 0.05) is 12.8 Å². The van der Waals surface area contributed by atoms with E-state index in [1.54, 1.807) is 36.5 Å². The molecule has 0 aliphatic rings. The molecule has 0 spiro atoms. The zero-order valence-electron chi connectivity index (χ0n) is 36.6. The Kier molecular flexibility index (Phi) is 37.7. The lowest BCUT2D eigenvalue weighted by Gasteiger charge is -2.20. The third kappa shape index (κ3) is 39.7. The number of carboxylic acid groups (broad SMARTS) is 1. The van der Waals surface area contributed by atoms with Crippen LogP contribution >= 0.6 is 7.82 Å². The van der Waals surface area contributed by atoms with Crippen LogP contribution in [0.4, 0.5) is 0 Å². The topological polar surface area (TPSA) is 212 Å². The SMILES string of the molecule is CC/C=C\C/C=C\C/C=C\C/C=C\C/C=C\CCCC(=O)OC[C@H](COP(=O)(O)OC[C@H](N)C(=O)O)OC(=O)CCC/C=C\[C@@H](O)/C=C/C=C\C/C=C\C=C\[C@@H](O)C/C=C\CC. The van der Waals surface area contributed by atoms with Crippen molar-refractivity contribution in [1.82, 2.24) is 0 Å². The first-order valence-corrected chi connectivity index (χ1v) is 22.9. The summed E-state index contributed by atoms with van der Waals surface area (Å²) in [6.45, 7) is 2.21. The molecule has 0 bridgehead atoms. The number of carbonyl (C=O) groups is 3. The maximum atomic E-state index is 12.6. The number of ether oxygens (including phenoxy) is 2. The predicted octanol–water partition coefficient (Wildman–Crippen LogP) is 9.33. The molecule has 1 unspecified atom stereocenters. The number of aliphatic hydroxyl groups is 2. The van der Waals surface area contributed by atoms with E-state index in [0.717, 1.165) is 38.5 Å². The first kappa shape index (κ1) is 57.5. The number of rotatable bonds is 37. The van der Waals surface area contributed by atoms with Gasteiger partial charge in [-0.3, -0.25) is 23.4 Å². The molecule has 14 heteroatoms. The Balaban J connectivity index is 4.75. The molecule has 0 fully saturated rings. The Labute approximate surface area is 369 Å². The van der Waals surface area contributed by atoms with Crippen molar-refractivity contribution in [2.45, 2.75) is 128 Å². The van der Waals surface area contributed by atoms with E-state index in [1.807, 2.05) is 55.5 Å². The van der Waals surface area contributed by atoms with E-state index >= 15 is 0 Å². The third-order valence-corrected chi connectivity index (χ3v) is 9.02. The first-order valence-electron chi connectivity index (χ1n) is 21.4. The largest absolute Gasteiger partial charge is 0.480 e. The maximum Gasteiger partial charge on any atom is 0.472 e. The molecule has 346 valence electrons. The molecule has 5 atom stereocenters. The molecule has 0 aromatic carbocycles. The number of nitrogens with two attached hydrogens (primary N) is 1. The highest BCUT2D eigenvalue weighted by atomic mass is 31.2. The monoisotopic (exact) mass is 885 g/mol. The van der Waals surface area contributed by atoms with Crippen LogP contribution in [0.3, 0.4) is 0 Å². The number of unbranched alkanes of at least 4 members (excludes halogenated alkanes) is 2. The van der Waals surface area contributed by atoms with Gasteiger partial charge in [0.25, 0.3) is 0 Å². The molecule has 0 heterocycles. The Hall–Kier alpha value is -4.46. The average molecular weight is 886 g/mol. The van der Waals surface area contributed by atoms with E-state index in [0.29, 0.717) is 38.5 Å². The van der Waals surface area contributed by atoms with Crippen LogP contribution in [0.15, 0.2) is 134 Å². The van der Waals surface area contributed by atoms with Gasteiger partial charge in [0.05, 0.1) is 25.4 Å². The molecule has 0 saturated heterocycles. The van der Waals surface area contributed by atoms with Gasteiger partial charge in [0.15, 0.2) is 6.10 Å². The summed E-state index contributed by atoms with van der Waals surface area (Å²) in [6.07, 6.45) is 48.9. The molecule has 0 aromatic rings. The number of carboxylic acids is 1. The Morgan fingerprint density at radius 2 is 1.10 bits per heavy atom. The van der Waals surface area contributed by atoms with Crippen molar-refractivity contribution in [1.29, 1.82) is 0 Å². The van der Waals surface area contributed by atoms with Crippen LogP contribution in [0, 0.1) is 0 Å². The van der Waals surface area contributed by atoms with Gasteiger partial charge in [0.2, 0.25) is 0 Å². The quantitative estimate of drug-likeness (QED) is 0.0130. The van der Waals surface area contributed by atoms with Crippen LogP contribution in [-0.2, 0) is 37.5 Å². The fourth-order valence-electron chi connectivity index (χ4n) is 4.72. The van der Waals surface area contributed by atoms with E-state index < -0.39 is 69.9 Å². The lowest BCUT2D eigenvalue weighted by atomic mass is 10.2. The summed E-state index contributed by atoms with van der Waals surface area (Å²) in [5.74, 6) is -2.69. The van der Waals surface area contributed by atoms with Gasteiger partial charge < -0.3 is 35.4 Å². The minimum absolute atomic E-state index is 0.0466. The molecular weight excluding hydrogens is 813 g/mol. The van der Waals surface area contributed by atoms with Gasteiger partial charge in [-0.15, -0.1) is 0 Å². The highest BCUT2D eigenvalue weighted by molar-refractivity contribution is 7.47. The van der Waals surface area contributed by atoms with Gasteiger partial charge in [-0.1, -0.05) is 148 Å².